The van der Waals surface area contributed by atoms with Crippen LogP contribution in [0.25, 0.3) is 54.7 Å². The minimum atomic E-state index is 0. The monoisotopic (exact) mass is 816 g/mol. The molecule has 4 heterocycles. The zero-order valence-corrected chi connectivity index (χ0v) is 31.8. The van der Waals surface area contributed by atoms with Gasteiger partial charge < -0.3 is 14.4 Å². The van der Waals surface area contributed by atoms with Crippen LogP contribution in [0.15, 0.2) is 77.5 Å². The maximum atomic E-state index is 6.42. The second-order valence-corrected chi connectivity index (χ2v) is 15.5. The third-order valence-electron chi connectivity index (χ3n) is 8.03. The normalized spacial score (nSPS) is 11.9. The molecule has 0 saturated carbocycles. The van der Waals surface area contributed by atoms with Crippen LogP contribution in [0.5, 0.6) is 0 Å². The van der Waals surface area contributed by atoms with E-state index >= 15 is 0 Å². The van der Waals surface area contributed by atoms with Crippen molar-refractivity contribution >= 4 is 43.5 Å². The summed E-state index contributed by atoms with van der Waals surface area (Å²) in [5, 5.41) is 3.29. The van der Waals surface area contributed by atoms with Gasteiger partial charge in [0.15, 0.2) is 0 Å². The molecule has 0 aliphatic rings. The summed E-state index contributed by atoms with van der Waals surface area (Å²) in [6.45, 7) is 19.6. The predicted molar refractivity (Wildman–Crippen MR) is 194 cm³/mol. The number of benzene rings is 3. The van der Waals surface area contributed by atoms with Crippen LogP contribution in [-0.2, 0) is 31.9 Å². The smallest absolute Gasteiger partial charge is 0.148 e. The van der Waals surface area contributed by atoms with Crippen molar-refractivity contribution in [1.29, 1.82) is 0 Å². The van der Waals surface area contributed by atoms with Gasteiger partial charge in [-0.15, -0.1) is 64.9 Å². The Kier molecular flexibility index (Phi) is 9.89. The van der Waals surface area contributed by atoms with Crippen molar-refractivity contribution in [3.05, 3.63) is 112 Å². The first kappa shape index (κ1) is 34.6. The van der Waals surface area contributed by atoms with Crippen LogP contribution in [0, 0.1) is 38.3 Å². The van der Waals surface area contributed by atoms with Crippen LogP contribution in [0.3, 0.4) is 0 Å². The molecule has 0 atom stereocenters. The van der Waals surface area contributed by atoms with Crippen LogP contribution in [-0.4, -0.2) is 15.0 Å². The molecule has 0 spiro atoms. The largest absolute Gasteiger partial charge is 0.498 e. The standard InChI is InChI=1S/C24H21N2OS.C17H20N.Ir/c1-13-11-18(25-12-14(13)2)17-8-6-7-15-16-9-10-19-20(22(16)27-21(15)17)26-23(28-19)24(3,4)5;1-13-5-8-15(9-6-13)16-10-7-14(12-18-16)11-17(2,3)4;/h6-7,9-12H,1-5H3;5-8,10,12H,11H2,1-4H3;/q2*-1;. The molecule has 6 heteroatoms. The van der Waals surface area contributed by atoms with Crippen molar-refractivity contribution in [3.8, 4) is 22.5 Å². The molecule has 1 radical (unpaired) electrons. The number of pyridine rings is 2. The summed E-state index contributed by atoms with van der Waals surface area (Å²) in [6.07, 6.45) is 4.94. The number of aromatic nitrogens is 3. The molecule has 0 N–H and O–H groups in total. The van der Waals surface area contributed by atoms with Gasteiger partial charge in [-0.2, -0.15) is 0 Å². The maximum Gasteiger partial charge on any atom is 0.148 e. The third-order valence-corrected chi connectivity index (χ3v) is 9.48. The minimum absolute atomic E-state index is 0. The van der Waals surface area contributed by atoms with E-state index in [0.717, 1.165) is 66.1 Å². The van der Waals surface area contributed by atoms with Gasteiger partial charge in [-0.25, -0.2) is 4.98 Å². The zero-order valence-electron chi connectivity index (χ0n) is 28.6. The molecule has 3 aromatic carbocycles. The van der Waals surface area contributed by atoms with Crippen molar-refractivity contribution in [3.63, 3.8) is 0 Å². The fourth-order valence-electron chi connectivity index (χ4n) is 5.42. The van der Waals surface area contributed by atoms with Crippen LogP contribution in [0.4, 0.5) is 0 Å². The van der Waals surface area contributed by atoms with Crippen molar-refractivity contribution in [2.75, 3.05) is 0 Å². The fraction of sp³-hybridized carbons (Fsp3) is 0.293. The first-order valence-electron chi connectivity index (χ1n) is 15.8. The molecule has 0 amide bonds. The van der Waals surface area contributed by atoms with Crippen LogP contribution >= 0.6 is 11.3 Å². The summed E-state index contributed by atoms with van der Waals surface area (Å²) in [5.41, 5.74) is 11.7. The molecule has 47 heavy (non-hydrogen) atoms. The topological polar surface area (TPSA) is 51.8 Å². The van der Waals surface area contributed by atoms with E-state index in [1.165, 1.54) is 22.3 Å². The molecule has 7 aromatic rings. The Morgan fingerprint density at radius 2 is 1.51 bits per heavy atom. The Morgan fingerprint density at radius 1 is 0.766 bits per heavy atom. The average Bonchev–Trinajstić information content (AvgIpc) is 3.61. The molecule has 0 bridgehead atoms. The molecular weight excluding hydrogens is 775 g/mol. The summed E-state index contributed by atoms with van der Waals surface area (Å²) >= 11 is 1.74. The van der Waals surface area contributed by atoms with E-state index in [1.807, 2.05) is 24.5 Å². The SMILES string of the molecule is Cc1c[c-]c(-c2ccc(CC(C)(C)C)cn2)cc1.Cc1cnc(-c2[c-]ccc3c2oc2c3ccc3sc(C(C)(C)C)nc32)cc1C.[Ir]. The fourth-order valence-corrected chi connectivity index (χ4v) is 6.45. The third kappa shape index (κ3) is 7.56. The molecule has 7 rings (SSSR count). The second-order valence-electron chi connectivity index (χ2n) is 14.5. The van der Waals surface area contributed by atoms with Gasteiger partial charge in [0, 0.05) is 43.3 Å². The summed E-state index contributed by atoms with van der Waals surface area (Å²) in [5.74, 6) is 0. The molecule has 0 aliphatic heterocycles. The van der Waals surface area contributed by atoms with Gasteiger partial charge in [0.2, 0.25) is 0 Å². The number of furan rings is 1. The van der Waals surface area contributed by atoms with Crippen molar-refractivity contribution in [2.24, 2.45) is 5.41 Å². The van der Waals surface area contributed by atoms with Gasteiger partial charge in [-0.3, -0.25) is 0 Å². The van der Waals surface area contributed by atoms with E-state index in [-0.39, 0.29) is 25.5 Å². The van der Waals surface area contributed by atoms with Gasteiger partial charge in [0.1, 0.15) is 11.1 Å². The molecule has 0 aliphatic carbocycles. The average molecular weight is 816 g/mol. The first-order valence-corrected chi connectivity index (χ1v) is 16.6. The molecular formula is C41H41IrN3OS-2. The Bertz CT molecular complexity index is 2160. The van der Waals surface area contributed by atoms with Gasteiger partial charge in [0.05, 0.1) is 15.3 Å². The predicted octanol–water partition coefficient (Wildman–Crippen LogP) is 11.4. The number of fused-ring (bicyclic) bond motifs is 5. The number of aryl methyl sites for hydroxylation is 3. The summed E-state index contributed by atoms with van der Waals surface area (Å²) in [4.78, 5) is 14.1. The number of hydrogen-bond acceptors (Lipinski definition) is 5. The Labute approximate surface area is 296 Å². The van der Waals surface area contributed by atoms with E-state index in [1.54, 1.807) is 11.3 Å². The van der Waals surface area contributed by atoms with Gasteiger partial charge in [-0.05, 0) is 54.3 Å². The van der Waals surface area contributed by atoms with E-state index in [4.69, 9.17) is 9.40 Å². The summed E-state index contributed by atoms with van der Waals surface area (Å²) in [7, 11) is 0. The van der Waals surface area contributed by atoms with Crippen LogP contribution < -0.4 is 0 Å². The summed E-state index contributed by atoms with van der Waals surface area (Å²) in [6, 6.07) is 27.4. The molecule has 243 valence electrons. The van der Waals surface area contributed by atoms with E-state index in [2.05, 4.69) is 133 Å². The second kappa shape index (κ2) is 13.4. The Morgan fingerprint density at radius 3 is 2.15 bits per heavy atom. The molecule has 0 unspecified atom stereocenters. The van der Waals surface area contributed by atoms with Gasteiger partial charge in [0.25, 0.3) is 0 Å². The van der Waals surface area contributed by atoms with Crippen LogP contribution in [0.2, 0.25) is 0 Å². The molecule has 4 aromatic heterocycles. The zero-order chi connectivity index (χ0) is 32.8. The number of rotatable bonds is 3. The number of thiazole rings is 1. The Balaban J connectivity index is 0.000000199. The number of hydrogen-bond donors (Lipinski definition) is 0. The Hall–Kier alpha value is -3.70. The minimum Gasteiger partial charge on any atom is -0.498 e. The maximum absolute atomic E-state index is 6.42. The quantitative estimate of drug-likeness (QED) is 0.167. The molecule has 0 saturated heterocycles. The first-order chi connectivity index (χ1) is 21.8. The number of nitrogens with zero attached hydrogens (tertiary/aromatic N) is 3. The van der Waals surface area contributed by atoms with Crippen LogP contribution in [0.1, 0.15) is 68.8 Å². The van der Waals surface area contributed by atoms with Gasteiger partial charge in [-0.1, -0.05) is 89.2 Å². The molecule has 0 fully saturated rings. The molecule has 4 nitrogen and oxygen atoms in total. The van der Waals surface area contributed by atoms with Crippen molar-refractivity contribution < 1.29 is 24.5 Å². The van der Waals surface area contributed by atoms with Crippen molar-refractivity contribution in [2.45, 2.75) is 74.1 Å². The summed E-state index contributed by atoms with van der Waals surface area (Å²) < 4.78 is 7.58. The van der Waals surface area contributed by atoms with E-state index < -0.39 is 0 Å². The van der Waals surface area contributed by atoms with E-state index in [0.29, 0.717) is 5.41 Å². The van der Waals surface area contributed by atoms with Crippen molar-refractivity contribution in [1.82, 2.24) is 15.0 Å². The van der Waals surface area contributed by atoms with E-state index in [9.17, 15) is 0 Å². The van der Waals surface area contributed by atoms with Gasteiger partial charge >= 0.3 is 0 Å².